The van der Waals surface area contributed by atoms with Crippen LogP contribution < -0.4 is 5.32 Å². The summed E-state index contributed by atoms with van der Waals surface area (Å²) in [6.45, 7) is 2.08. The van der Waals surface area contributed by atoms with Crippen molar-refractivity contribution in [1.29, 1.82) is 0 Å². The predicted molar refractivity (Wildman–Crippen MR) is 79.1 cm³/mol. The van der Waals surface area contributed by atoms with Gasteiger partial charge in [-0.2, -0.15) is 0 Å². The van der Waals surface area contributed by atoms with E-state index in [1.54, 1.807) is 0 Å². The van der Waals surface area contributed by atoms with Gasteiger partial charge in [0.1, 0.15) is 0 Å². The molecule has 1 aromatic carbocycles. The van der Waals surface area contributed by atoms with E-state index in [9.17, 15) is 9.90 Å². The lowest BCUT2D eigenvalue weighted by atomic mass is 9.73. The summed E-state index contributed by atoms with van der Waals surface area (Å²) in [5.41, 5.74) is 1.76. The van der Waals surface area contributed by atoms with E-state index in [0.29, 0.717) is 5.92 Å². The zero-order chi connectivity index (χ0) is 14.0. The SMILES string of the molecule is O=C(O)C1(c2ccccc2C2CCNCC2)CCCC1. The second-order valence-electron chi connectivity index (χ2n) is 6.21. The average Bonchev–Trinajstić information content (AvgIpc) is 2.99. The molecule has 1 saturated heterocycles. The molecule has 0 spiro atoms. The Labute approximate surface area is 120 Å². The molecule has 0 bridgehead atoms. The number of hydrogen-bond donors (Lipinski definition) is 2. The van der Waals surface area contributed by atoms with Crippen LogP contribution in [0.4, 0.5) is 0 Å². The van der Waals surface area contributed by atoms with Gasteiger partial charge in [0.25, 0.3) is 0 Å². The molecule has 0 unspecified atom stereocenters. The van der Waals surface area contributed by atoms with Crippen LogP contribution in [0.1, 0.15) is 55.6 Å². The third-order valence-corrected chi connectivity index (χ3v) is 5.12. The van der Waals surface area contributed by atoms with E-state index in [2.05, 4.69) is 23.5 Å². The van der Waals surface area contributed by atoms with Crippen molar-refractivity contribution in [1.82, 2.24) is 5.32 Å². The van der Waals surface area contributed by atoms with Crippen molar-refractivity contribution >= 4 is 5.97 Å². The van der Waals surface area contributed by atoms with Gasteiger partial charge in [0.05, 0.1) is 5.41 Å². The van der Waals surface area contributed by atoms with Crippen LogP contribution in [0, 0.1) is 0 Å². The van der Waals surface area contributed by atoms with E-state index >= 15 is 0 Å². The first-order valence-electron chi connectivity index (χ1n) is 7.77. The van der Waals surface area contributed by atoms with Crippen LogP contribution in [0.3, 0.4) is 0 Å². The van der Waals surface area contributed by atoms with Gasteiger partial charge in [-0.05, 0) is 55.8 Å². The van der Waals surface area contributed by atoms with Gasteiger partial charge < -0.3 is 10.4 Å². The number of carboxylic acid groups (broad SMARTS) is 1. The monoisotopic (exact) mass is 273 g/mol. The Bertz CT molecular complexity index is 486. The maximum Gasteiger partial charge on any atom is 0.314 e. The number of piperidine rings is 1. The summed E-state index contributed by atoms with van der Waals surface area (Å²) in [5, 5.41) is 13.2. The van der Waals surface area contributed by atoms with Gasteiger partial charge in [0.2, 0.25) is 0 Å². The van der Waals surface area contributed by atoms with Gasteiger partial charge in [-0.15, -0.1) is 0 Å². The van der Waals surface area contributed by atoms with E-state index in [-0.39, 0.29) is 0 Å². The molecule has 1 heterocycles. The van der Waals surface area contributed by atoms with Gasteiger partial charge in [0.15, 0.2) is 0 Å². The van der Waals surface area contributed by atoms with Crippen LogP contribution in [-0.2, 0) is 10.2 Å². The van der Waals surface area contributed by atoms with Crippen molar-refractivity contribution in [2.75, 3.05) is 13.1 Å². The molecule has 2 N–H and O–H groups in total. The van der Waals surface area contributed by atoms with Crippen LogP contribution in [0.5, 0.6) is 0 Å². The molecule has 3 rings (SSSR count). The smallest absolute Gasteiger partial charge is 0.314 e. The van der Waals surface area contributed by atoms with Crippen molar-refractivity contribution in [3.63, 3.8) is 0 Å². The van der Waals surface area contributed by atoms with Gasteiger partial charge in [0, 0.05) is 0 Å². The maximum absolute atomic E-state index is 11.9. The molecule has 1 saturated carbocycles. The highest BCUT2D eigenvalue weighted by Gasteiger charge is 2.44. The highest BCUT2D eigenvalue weighted by Crippen LogP contribution is 2.45. The lowest BCUT2D eigenvalue weighted by molar-refractivity contribution is -0.143. The molecular formula is C17H23NO2. The first-order chi connectivity index (χ1) is 9.74. The van der Waals surface area contributed by atoms with E-state index in [1.165, 1.54) is 5.56 Å². The normalized spacial score (nSPS) is 22.8. The van der Waals surface area contributed by atoms with Crippen molar-refractivity contribution in [2.24, 2.45) is 0 Å². The van der Waals surface area contributed by atoms with Gasteiger partial charge in [-0.1, -0.05) is 37.1 Å². The average molecular weight is 273 g/mol. The number of rotatable bonds is 3. The molecule has 0 atom stereocenters. The Hall–Kier alpha value is -1.35. The van der Waals surface area contributed by atoms with Crippen LogP contribution in [0.15, 0.2) is 24.3 Å². The second-order valence-corrected chi connectivity index (χ2v) is 6.21. The first-order valence-corrected chi connectivity index (χ1v) is 7.77. The van der Waals surface area contributed by atoms with Gasteiger partial charge in [-0.25, -0.2) is 0 Å². The Balaban J connectivity index is 2.02. The molecule has 3 heteroatoms. The minimum absolute atomic E-state index is 0.518. The van der Waals surface area contributed by atoms with Crippen molar-refractivity contribution < 1.29 is 9.90 Å². The van der Waals surface area contributed by atoms with E-state index in [0.717, 1.165) is 57.2 Å². The molecule has 1 aliphatic heterocycles. The summed E-state index contributed by atoms with van der Waals surface area (Å²) in [5.74, 6) is -0.111. The molecular weight excluding hydrogens is 250 g/mol. The lowest BCUT2D eigenvalue weighted by Gasteiger charge is -2.31. The van der Waals surface area contributed by atoms with Crippen LogP contribution in [0.2, 0.25) is 0 Å². The third-order valence-electron chi connectivity index (χ3n) is 5.12. The zero-order valence-electron chi connectivity index (χ0n) is 11.9. The fourth-order valence-corrected chi connectivity index (χ4v) is 4.00. The van der Waals surface area contributed by atoms with Crippen LogP contribution in [0.25, 0.3) is 0 Å². The largest absolute Gasteiger partial charge is 0.481 e. The molecule has 0 radical (unpaired) electrons. The lowest BCUT2D eigenvalue weighted by Crippen LogP contribution is -2.35. The fraction of sp³-hybridized carbons (Fsp3) is 0.588. The minimum Gasteiger partial charge on any atom is -0.481 e. The summed E-state index contributed by atoms with van der Waals surface area (Å²) >= 11 is 0. The van der Waals surface area contributed by atoms with Crippen LogP contribution >= 0.6 is 0 Å². The minimum atomic E-state index is -0.628. The quantitative estimate of drug-likeness (QED) is 0.890. The fourth-order valence-electron chi connectivity index (χ4n) is 4.00. The molecule has 1 aromatic rings. The Morgan fingerprint density at radius 3 is 2.45 bits per heavy atom. The second kappa shape index (κ2) is 5.57. The highest BCUT2D eigenvalue weighted by molar-refractivity contribution is 5.82. The third kappa shape index (κ3) is 2.24. The summed E-state index contributed by atoms with van der Waals surface area (Å²) < 4.78 is 0. The molecule has 1 aliphatic carbocycles. The summed E-state index contributed by atoms with van der Waals surface area (Å²) in [6, 6.07) is 8.29. The number of nitrogens with one attached hydrogen (secondary N) is 1. The van der Waals surface area contributed by atoms with Crippen molar-refractivity contribution in [3.8, 4) is 0 Å². The summed E-state index contributed by atoms with van der Waals surface area (Å²) in [4.78, 5) is 11.9. The molecule has 0 amide bonds. The number of benzene rings is 1. The van der Waals surface area contributed by atoms with Gasteiger partial charge >= 0.3 is 5.97 Å². The number of hydrogen-bond acceptors (Lipinski definition) is 2. The van der Waals surface area contributed by atoms with E-state index in [4.69, 9.17) is 0 Å². The van der Waals surface area contributed by atoms with Crippen molar-refractivity contribution in [2.45, 2.75) is 49.9 Å². The topological polar surface area (TPSA) is 49.3 Å². The standard InChI is InChI=1S/C17H23NO2/c19-16(20)17(9-3-4-10-17)15-6-2-1-5-14(15)13-7-11-18-12-8-13/h1-2,5-6,13,18H,3-4,7-12H2,(H,19,20). The highest BCUT2D eigenvalue weighted by atomic mass is 16.4. The molecule has 2 aliphatic rings. The maximum atomic E-state index is 11.9. The van der Waals surface area contributed by atoms with E-state index in [1.807, 2.05) is 6.07 Å². The molecule has 3 nitrogen and oxygen atoms in total. The number of carboxylic acids is 1. The zero-order valence-corrected chi connectivity index (χ0v) is 11.9. The summed E-state index contributed by atoms with van der Waals surface area (Å²) in [7, 11) is 0. The molecule has 20 heavy (non-hydrogen) atoms. The molecule has 2 fully saturated rings. The first kappa shape index (κ1) is 13.6. The predicted octanol–water partition coefficient (Wildman–Crippen LogP) is 3.05. The van der Waals surface area contributed by atoms with Crippen molar-refractivity contribution in [3.05, 3.63) is 35.4 Å². The molecule has 0 aromatic heterocycles. The Kier molecular flexibility index (Phi) is 3.79. The Morgan fingerprint density at radius 1 is 1.15 bits per heavy atom. The number of aliphatic carboxylic acids is 1. The van der Waals surface area contributed by atoms with Gasteiger partial charge in [-0.3, -0.25) is 4.79 Å². The Morgan fingerprint density at radius 2 is 1.80 bits per heavy atom. The van der Waals surface area contributed by atoms with Crippen LogP contribution in [-0.4, -0.2) is 24.2 Å². The number of carbonyl (C=O) groups is 1. The van der Waals surface area contributed by atoms with E-state index < -0.39 is 11.4 Å². The molecule has 108 valence electrons. The summed E-state index contributed by atoms with van der Waals surface area (Å²) in [6.07, 6.45) is 5.90.